The molecule has 5 heteroatoms. The highest BCUT2D eigenvalue weighted by Gasteiger charge is 2.08. The number of nitro benzene ring substituents is 1. The summed E-state index contributed by atoms with van der Waals surface area (Å²) in [6, 6.07) is 3.23. The molecule has 0 N–H and O–H groups in total. The van der Waals surface area contributed by atoms with Gasteiger partial charge in [0, 0.05) is 23.9 Å². The number of rotatable bonds is 2. The lowest BCUT2D eigenvalue weighted by atomic mass is 10.2. The first-order chi connectivity index (χ1) is 7.13. The highest BCUT2D eigenvalue weighted by Crippen LogP contribution is 2.15. The van der Waals surface area contributed by atoms with Crippen LogP contribution in [0.1, 0.15) is 12.0 Å². The first-order valence-corrected chi connectivity index (χ1v) is 4.67. The van der Waals surface area contributed by atoms with E-state index >= 15 is 0 Å². The van der Waals surface area contributed by atoms with E-state index in [1.54, 1.807) is 0 Å². The molecule has 0 atom stereocenters. The minimum atomic E-state index is -0.667. The van der Waals surface area contributed by atoms with Crippen LogP contribution in [0, 0.1) is 27.8 Å². The second-order valence-corrected chi connectivity index (χ2v) is 3.07. The lowest BCUT2D eigenvalue weighted by molar-refractivity contribution is -0.385. The summed E-state index contributed by atoms with van der Waals surface area (Å²) in [6.07, 6.45) is 0.464. The Morgan fingerprint density at radius 3 is 2.80 bits per heavy atom. The van der Waals surface area contributed by atoms with Crippen LogP contribution in [0.2, 0.25) is 0 Å². The molecular weight excluding hydrogens is 221 g/mol. The molecule has 3 nitrogen and oxygen atoms in total. The lowest BCUT2D eigenvalue weighted by Gasteiger charge is -1.93. The van der Waals surface area contributed by atoms with Crippen molar-refractivity contribution in [1.82, 2.24) is 0 Å². The van der Waals surface area contributed by atoms with Crippen molar-refractivity contribution in [3.05, 3.63) is 39.7 Å². The Bertz CT molecular complexity index is 437. The van der Waals surface area contributed by atoms with E-state index in [1.165, 1.54) is 6.07 Å². The van der Waals surface area contributed by atoms with Gasteiger partial charge in [-0.05, 0) is 6.07 Å². The monoisotopic (exact) mass is 227 g/mol. The van der Waals surface area contributed by atoms with Crippen molar-refractivity contribution >= 4 is 17.3 Å². The fourth-order valence-electron chi connectivity index (χ4n) is 0.964. The Morgan fingerprint density at radius 2 is 2.20 bits per heavy atom. The minimum absolute atomic E-state index is 0.284. The van der Waals surface area contributed by atoms with E-state index in [-0.39, 0.29) is 11.3 Å². The molecule has 0 aliphatic heterocycles. The summed E-state index contributed by atoms with van der Waals surface area (Å²) in [5.41, 5.74) is -0.0167. The third-order valence-corrected chi connectivity index (χ3v) is 1.73. The fourth-order valence-corrected chi connectivity index (χ4v) is 1.06. The molecule has 0 saturated heterocycles. The number of benzene rings is 1. The maximum Gasteiger partial charge on any atom is 0.273 e. The summed E-state index contributed by atoms with van der Waals surface area (Å²) in [5, 5.41) is 10.4. The van der Waals surface area contributed by atoms with Crippen molar-refractivity contribution < 1.29 is 9.31 Å². The van der Waals surface area contributed by atoms with Crippen molar-refractivity contribution in [2.24, 2.45) is 0 Å². The van der Waals surface area contributed by atoms with Crippen LogP contribution < -0.4 is 0 Å². The van der Waals surface area contributed by atoms with Crippen LogP contribution in [-0.4, -0.2) is 10.8 Å². The Hall–Kier alpha value is -1.60. The van der Waals surface area contributed by atoms with E-state index in [9.17, 15) is 14.5 Å². The third kappa shape index (κ3) is 3.56. The molecule has 1 rings (SSSR count). The van der Waals surface area contributed by atoms with Gasteiger partial charge in [0.25, 0.3) is 5.69 Å². The van der Waals surface area contributed by atoms with E-state index in [4.69, 9.17) is 11.6 Å². The van der Waals surface area contributed by atoms with Gasteiger partial charge in [-0.25, -0.2) is 4.39 Å². The lowest BCUT2D eigenvalue weighted by Crippen LogP contribution is -1.90. The van der Waals surface area contributed by atoms with Crippen molar-refractivity contribution in [3.63, 3.8) is 0 Å². The number of nitro groups is 1. The zero-order chi connectivity index (χ0) is 11.3. The molecule has 0 aliphatic carbocycles. The van der Waals surface area contributed by atoms with Crippen LogP contribution >= 0.6 is 11.6 Å². The number of non-ortho nitro benzene ring substituents is 1. The SMILES string of the molecule is O=[N+]([O-])c1cc(F)cc(C#CCCCl)c1. The van der Waals surface area contributed by atoms with Crippen LogP contribution in [0.15, 0.2) is 18.2 Å². The van der Waals surface area contributed by atoms with Gasteiger partial charge in [0.2, 0.25) is 0 Å². The molecule has 0 amide bonds. The summed E-state index contributed by atoms with van der Waals surface area (Å²) in [7, 11) is 0. The van der Waals surface area contributed by atoms with E-state index < -0.39 is 10.7 Å². The average Bonchev–Trinajstić information content (AvgIpc) is 2.17. The first kappa shape index (κ1) is 11.5. The minimum Gasteiger partial charge on any atom is -0.258 e. The Kier molecular flexibility index (Phi) is 4.07. The fraction of sp³-hybridized carbons (Fsp3) is 0.200. The Labute approximate surface area is 91.0 Å². The second kappa shape index (κ2) is 5.32. The molecule has 0 spiro atoms. The zero-order valence-electron chi connectivity index (χ0n) is 7.67. The summed E-state index contributed by atoms with van der Waals surface area (Å²) in [6.45, 7) is 0. The smallest absolute Gasteiger partial charge is 0.258 e. The van der Waals surface area contributed by atoms with E-state index in [0.29, 0.717) is 12.3 Å². The Morgan fingerprint density at radius 1 is 1.47 bits per heavy atom. The van der Waals surface area contributed by atoms with E-state index in [1.807, 2.05) is 0 Å². The van der Waals surface area contributed by atoms with Crippen LogP contribution in [0.5, 0.6) is 0 Å². The van der Waals surface area contributed by atoms with Crippen molar-refractivity contribution in [2.45, 2.75) is 6.42 Å². The summed E-state index contributed by atoms with van der Waals surface area (Å²) >= 11 is 5.40. The molecule has 1 aromatic rings. The summed E-state index contributed by atoms with van der Waals surface area (Å²) in [4.78, 5) is 9.75. The Balaban J connectivity index is 3.00. The molecular formula is C10H7ClFNO2. The van der Waals surface area contributed by atoms with Crippen LogP contribution in [0.3, 0.4) is 0 Å². The van der Waals surface area contributed by atoms with Crippen molar-refractivity contribution in [2.75, 3.05) is 5.88 Å². The average molecular weight is 228 g/mol. The van der Waals surface area contributed by atoms with Gasteiger partial charge in [0.1, 0.15) is 5.82 Å². The maximum atomic E-state index is 12.9. The first-order valence-electron chi connectivity index (χ1n) is 4.13. The van der Waals surface area contributed by atoms with Gasteiger partial charge >= 0.3 is 0 Å². The predicted octanol–water partition coefficient (Wildman–Crippen LogP) is 2.71. The van der Waals surface area contributed by atoms with Gasteiger partial charge in [-0.15, -0.1) is 11.6 Å². The molecule has 0 aliphatic rings. The second-order valence-electron chi connectivity index (χ2n) is 2.70. The van der Waals surface area contributed by atoms with Gasteiger partial charge in [0.05, 0.1) is 11.0 Å². The molecule has 0 heterocycles. The highest BCUT2D eigenvalue weighted by atomic mass is 35.5. The molecule has 78 valence electrons. The molecule has 15 heavy (non-hydrogen) atoms. The third-order valence-electron chi connectivity index (χ3n) is 1.55. The quantitative estimate of drug-likeness (QED) is 0.337. The van der Waals surface area contributed by atoms with Gasteiger partial charge in [0.15, 0.2) is 0 Å². The number of hydrogen-bond donors (Lipinski definition) is 0. The van der Waals surface area contributed by atoms with Crippen molar-refractivity contribution in [1.29, 1.82) is 0 Å². The van der Waals surface area contributed by atoms with Gasteiger partial charge in [-0.1, -0.05) is 11.8 Å². The van der Waals surface area contributed by atoms with Crippen LogP contribution in [0.25, 0.3) is 0 Å². The molecule has 0 saturated carbocycles. The van der Waals surface area contributed by atoms with Crippen LogP contribution in [-0.2, 0) is 0 Å². The topological polar surface area (TPSA) is 43.1 Å². The largest absolute Gasteiger partial charge is 0.273 e. The van der Waals surface area contributed by atoms with Crippen molar-refractivity contribution in [3.8, 4) is 11.8 Å². The number of hydrogen-bond acceptors (Lipinski definition) is 2. The number of halogens is 2. The van der Waals surface area contributed by atoms with E-state index in [0.717, 1.165) is 12.1 Å². The highest BCUT2D eigenvalue weighted by molar-refractivity contribution is 6.18. The molecule has 0 aromatic heterocycles. The summed E-state index contributed by atoms with van der Waals surface area (Å²) in [5.74, 6) is 4.99. The number of nitrogens with zero attached hydrogens (tertiary/aromatic N) is 1. The molecule has 0 fully saturated rings. The predicted molar refractivity (Wildman–Crippen MR) is 55.3 cm³/mol. The van der Waals surface area contributed by atoms with Crippen LogP contribution in [0.4, 0.5) is 10.1 Å². The molecule has 0 unspecified atom stereocenters. The molecule has 1 aromatic carbocycles. The maximum absolute atomic E-state index is 12.9. The summed E-state index contributed by atoms with van der Waals surface area (Å²) < 4.78 is 12.9. The van der Waals surface area contributed by atoms with Gasteiger partial charge in [-0.2, -0.15) is 0 Å². The molecule has 0 radical (unpaired) electrons. The molecule has 0 bridgehead atoms. The van der Waals surface area contributed by atoms with Gasteiger partial charge in [-0.3, -0.25) is 10.1 Å². The van der Waals surface area contributed by atoms with E-state index in [2.05, 4.69) is 11.8 Å². The zero-order valence-corrected chi connectivity index (χ0v) is 8.42. The normalized spacial score (nSPS) is 9.20. The van der Waals surface area contributed by atoms with Gasteiger partial charge < -0.3 is 0 Å². The standard InChI is InChI=1S/C10H7ClFNO2/c11-4-2-1-3-8-5-9(12)7-10(6-8)13(14)15/h5-7H,2,4H2. The number of alkyl halides is 1.